The van der Waals surface area contributed by atoms with Gasteiger partial charge in [0, 0.05) is 37.6 Å². The molecule has 0 saturated carbocycles. The number of nitrogens with one attached hydrogen (secondary N) is 1. The number of aliphatic hydroxyl groups is 1. The number of carbonyl (C=O) groups excluding carboxylic acids is 2. The Labute approximate surface area is 240 Å². The van der Waals surface area contributed by atoms with Gasteiger partial charge in [-0.15, -0.1) is 0 Å². The standard InChI is InChI=1S/C30H34ClN3O5S/c31-26-13-8-24(9-14-26)22-34(29(30(37)32-18-21-35)25-6-2-1-3-7-25)28(36)17-12-23-10-15-27(16-11-23)40(38,39)33-19-4-5-20-33/h1-3,6-11,13-16,29,35H,4-5,12,17-22H2,(H,32,37)/t29-/m1/s1. The molecular formula is C30H34ClN3O5S. The Morgan fingerprint density at radius 1 is 0.925 bits per heavy atom. The lowest BCUT2D eigenvalue weighted by atomic mass is 10.0. The molecule has 3 aromatic carbocycles. The van der Waals surface area contributed by atoms with Gasteiger partial charge in [0.2, 0.25) is 21.8 Å². The Hall–Kier alpha value is -3.24. The van der Waals surface area contributed by atoms with Gasteiger partial charge in [-0.3, -0.25) is 9.59 Å². The van der Waals surface area contributed by atoms with Crippen LogP contribution in [0.2, 0.25) is 5.02 Å². The second-order valence-corrected chi connectivity index (χ2v) is 12.1. The summed E-state index contributed by atoms with van der Waals surface area (Å²) in [6.07, 6.45) is 2.23. The topological polar surface area (TPSA) is 107 Å². The van der Waals surface area contributed by atoms with Gasteiger partial charge in [0.05, 0.1) is 11.5 Å². The number of aliphatic hydroxyl groups excluding tert-OH is 1. The maximum atomic E-state index is 13.7. The third-order valence-corrected chi connectivity index (χ3v) is 9.09. The zero-order valence-corrected chi connectivity index (χ0v) is 23.8. The second-order valence-electron chi connectivity index (χ2n) is 9.73. The van der Waals surface area contributed by atoms with E-state index in [-0.39, 0.29) is 42.8 Å². The molecule has 0 bridgehead atoms. The first kappa shape index (κ1) is 29.7. The maximum absolute atomic E-state index is 13.7. The zero-order valence-electron chi connectivity index (χ0n) is 22.2. The summed E-state index contributed by atoms with van der Waals surface area (Å²) in [7, 11) is -3.51. The highest BCUT2D eigenvalue weighted by atomic mass is 35.5. The first-order valence-electron chi connectivity index (χ1n) is 13.4. The largest absolute Gasteiger partial charge is 0.395 e. The van der Waals surface area contributed by atoms with E-state index in [1.165, 1.54) is 9.21 Å². The minimum atomic E-state index is -3.51. The van der Waals surface area contributed by atoms with Gasteiger partial charge in [-0.25, -0.2) is 8.42 Å². The summed E-state index contributed by atoms with van der Waals surface area (Å²) < 4.78 is 27.2. The SMILES string of the molecule is O=C(NCCO)[C@@H](c1ccccc1)N(Cc1ccc(Cl)cc1)C(=O)CCc1ccc(S(=O)(=O)N2CCCC2)cc1. The Morgan fingerprint density at radius 3 is 2.17 bits per heavy atom. The number of nitrogens with zero attached hydrogens (tertiary/aromatic N) is 2. The molecule has 1 heterocycles. The Bertz CT molecular complexity index is 1380. The fourth-order valence-electron chi connectivity index (χ4n) is 4.79. The second kappa shape index (κ2) is 13.9. The van der Waals surface area contributed by atoms with E-state index >= 15 is 0 Å². The van der Waals surface area contributed by atoms with E-state index in [0.29, 0.717) is 30.1 Å². The first-order chi connectivity index (χ1) is 19.3. The van der Waals surface area contributed by atoms with Crippen molar-refractivity contribution in [1.29, 1.82) is 0 Å². The van der Waals surface area contributed by atoms with E-state index in [4.69, 9.17) is 11.6 Å². The molecule has 212 valence electrons. The highest BCUT2D eigenvalue weighted by Crippen LogP contribution is 2.26. The molecule has 10 heteroatoms. The monoisotopic (exact) mass is 583 g/mol. The summed E-state index contributed by atoms with van der Waals surface area (Å²) in [5.41, 5.74) is 2.28. The van der Waals surface area contributed by atoms with E-state index in [0.717, 1.165) is 24.0 Å². The van der Waals surface area contributed by atoms with Crippen LogP contribution in [0, 0.1) is 0 Å². The van der Waals surface area contributed by atoms with Gasteiger partial charge in [0.25, 0.3) is 0 Å². The number of hydrogen-bond acceptors (Lipinski definition) is 5. The molecule has 1 aliphatic rings. The number of benzene rings is 3. The molecule has 0 spiro atoms. The van der Waals surface area contributed by atoms with Crippen molar-refractivity contribution in [3.63, 3.8) is 0 Å². The third kappa shape index (κ3) is 7.48. The lowest BCUT2D eigenvalue weighted by molar-refractivity contribution is -0.141. The van der Waals surface area contributed by atoms with Crippen molar-refractivity contribution in [3.05, 3.63) is 101 Å². The third-order valence-electron chi connectivity index (χ3n) is 6.93. The summed E-state index contributed by atoms with van der Waals surface area (Å²) >= 11 is 6.06. The van der Waals surface area contributed by atoms with Crippen molar-refractivity contribution in [3.8, 4) is 0 Å². The summed E-state index contributed by atoms with van der Waals surface area (Å²) in [5, 5.41) is 12.6. The van der Waals surface area contributed by atoms with Gasteiger partial charge >= 0.3 is 0 Å². The van der Waals surface area contributed by atoms with Crippen LogP contribution >= 0.6 is 11.6 Å². The molecule has 2 N–H and O–H groups in total. The van der Waals surface area contributed by atoms with E-state index in [1.807, 2.05) is 30.3 Å². The molecule has 4 rings (SSSR count). The van der Waals surface area contributed by atoms with Crippen LogP contribution in [0.25, 0.3) is 0 Å². The smallest absolute Gasteiger partial charge is 0.247 e. The minimum Gasteiger partial charge on any atom is -0.395 e. The fraction of sp³-hybridized carbons (Fsp3) is 0.333. The van der Waals surface area contributed by atoms with E-state index in [9.17, 15) is 23.1 Å². The number of sulfonamides is 1. The molecule has 40 heavy (non-hydrogen) atoms. The minimum absolute atomic E-state index is 0.0673. The van der Waals surface area contributed by atoms with Crippen LogP contribution in [-0.4, -0.2) is 60.8 Å². The number of hydrogen-bond donors (Lipinski definition) is 2. The Balaban J connectivity index is 1.55. The van der Waals surface area contributed by atoms with Crippen LogP contribution in [-0.2, 0) is 32.6 Å². The van der Waals surface area contributed by atoms with Gasteiger partial charge < -0.3 is 15.3 Å². The number of halogens is 1. The summed E-state index contributed by atoms with van der Waals surface area (Å²) in [6, 6.07) is 21.9. The highest BCUT2D eigenvalue weighted by molar-refractivity contribution is 7.89. The quantitative estimate of drug-likeness (QED) is 0.336. The molecule has 1 atom stereocenters. The molecule has 8 nitrogen and oxygen atoms in total. The zero-order chi connectivity index (χ0) is 28.5. The molecule has 1 aliphatic heterocycles. The molecule has 3 aromatic rings. The first-order valence-corrected chi connectivity index (χ1v) is 15.2. The Morgan fingerprint density at radius 2 is 1.55 bits per heavy atom. The average molecular weight is 584 g/mol. The average Bonchev–Trinajstić information content (AvgIpc) is 3.53. The van der Waals surface area contributed by atoms with Crippen molar-refractivity contribution < 1.29 is 23.1 Å². The van der Waals surface area contributed by atoms with Crippen LogP contribution in [0.15, 0.2) is 83.8 Å². The molecular weight excluding hydrogens is 550 g/mol. The van der Waals surface area contributed by atoms with Crippen LogP contribution in [0.3, 0.4) is 0 Å². The van der Waals surface area contributed by atoms with E-state index in [1.54, 1.807) is 48.5 Å². The number of amides is 2. The molecule has 1 fully saturated rings. The van der Waals surface area contributed by atoms with Crippen molar-refractivity contribution in [2.45, 2.75) is 43.2 Å². The highest BCUT2D eigenvalue weighted by Gasteiger charge is 2.31. The number of carbonyl (C=O) groups is 2. The van der Waals surface area contributed by atoms with E-state index in [2.05, 4.69) is 5.32 Å². The maximum Gasteiger partial charge on any atom is 0.247 e. The number of rotatable bonds is 12. The van der Waals surface area contributed by atoms with Gasteiger partial charge in [-0.1, -0.05) is 66.2 Å². The predicted octanol–water partition coefficient (Wildman–Crippen LogP) is 3.94. The summed E-state index contributed by atoms with van der Waals surface area (Å²) in [6.45, 7) is 1.10. The summed E-state index contributed by atoms with van der Waals surface area (Å²) in [5.74, 6) is -0.629. The lowest BCUT2D eigenvalue weighted by Gasteiger charge is -2.32. The van der Waals surface area contributed by atoms with Crippen molar-refractivity contribution in [2.24, 2.45) is 0 Å². The predicted molar refractivity (Wildman–Crippen MR) is 154 cm³/mol. The van der Waals surface area contributed by atoms with Gasteiger partial charge in [-0.05, 0) is 60.2 Å². The van der Waals surface area contributed by atoms with Crippen LogP contribution < -0.4 is 5.32 Å². The van der Waals surface area contributed by atoms with Crippen molar-refractivity contribution in [1.82, 2.24) is 14.5 Å². The van der Waals surface area contributed by atoms with Crippen LogP contribution in [0.1, 0.15) is 42.0 Å². The lowest BCUT2D eigenvalue weighted by Crippen LogP contribution is -2.44. The molecule has 1 saturated heterocycles. The molecule has 0 radical (unpaired) electrons. The van der Waals surface area contributed by atoms with Crippen LogP contribution in [0.5, 0.6) is 0 Å². The molecule has 0 unspecified atom stereocenters. The molecule has 2 amide bonds. The normalized spacial score (nSPS) is 14.6. The Kier molecular flexibility index (Phi) is 10.3. The summed E-state index contributed by atoms with van der Waals surface area (Å²) in [4.78, 5) is 28.8. The van der Waals surface area contributed by atoms with Crippen molar-refractivity contribution >= 4 is 33.4 Å². The van der Waals surface area contributed by atoms with E-state index < -0.39 is 16.1 Å². The number of aryl methyl sites for hydroxylation is 1. The fourth-order valence-corrected chi connectivity index (χ4v) is 6.44. The van der Waals surface area contributed by atoms with Crippen LogP contribution in [0.4, 0.5) is 0 Å². The van der Waals surface area contributed by atoms with Crippen molar-refractivity contribution in [2.75, 3.05) is 26.2 Å². The van der Waals surface area contributed by atoms with Gasteiger partial charge in [-0.2, -0.15) is 4.31 Å². The molecule has 0 aliphatic carbocycles. The molecule has 0 aromatic heterocycles. The van der Waals surface area contributed by atoms with Gasteiger partial charge in [0.1, 0.15) is 6.04 Å². The van der Waals surface area contributed by atoms with Gasteiger partial charge in [0.15, 0.2) is 0 Å².